The van der Waals surface area contributed by atoms with E-state index in [1.54, 1.807) is 12.1 Å². The highest BCUT2D eigenvalue weighted by Gasteiger charge is 2.23. The molecule has 2 fully saturated rings. The van der Waals surface area contributed by atoms with Gasteiger partial charge in [-0.05, 0) is 57.2 Å². The highest BCUT2D eigenvalue weighted by Crippen LogP contribution is 2.24. The van der Waals surface area contributed by atoms with Crippen molar-refractivity contribution < 1.29 is 14.3 Å². The third-order valence-corrected chi connectivity index (χ3v) is 4.74. The molecular weight excluding hydrogens is 304 g/mol. The van der Waals surface area contributed by atoms with Gasteiger partial charge < -0.3 is 15.0 Å². The second kappa shape index (κ2) is 7.69. The van der Waals surface area contributed by atoms with Crippen molar-refractivity contribution in [2.24, 2.45) is 0 Å². The second-order valence-electron chi connectivity index (χ2n) is 6.87. The summed E-state index contributed by atoms with van der Waals surface area (Å²) in [7, 11) is 0. The summed E-state index contributed by atoms with van der Waals surface area (Å²) >= 11 is 0. The van der Waals surface area contributed by atoms with Crippen molar-refractivity contribution in [2.75, 3.05) is 13.1 Å². The zero-order chi connectivity index (χ0) is 16.9. The van der Waals surface area contributed by atoms with Gasteiger partial charge in [0, 0.05) is 31.1 Å². The molecule has 1 aromatic carbocycles. The van der Waals surface area contributed by atoms with Crippen LogP contribution in [0.15, 0.2) is 24.3 Å². The van der Waals surface area contributed by atoms with Gasteiger partial charge in [0.2, 0.25) is 5.91 Å². The van der Waals surface area contributed by atoms with Crippen LogP contribution in [0, 0.1) is 0 Å². The Morgan fingerprint density at radius 3 is 2.83 bits per heavy atom. The molecule has 24 heavy (non-hydrogen) atoms. The summed E-state index contributed by atoms with van der Waals surface area (Å²) in [6, 6.07) is 7.29. The Morgan fingerprint density at radius 2 is 2.12 bits per heavy atom. The maximum Gasteiger partial charge on any atom is 0.251 e. The van der Waals surface area contributed by atoms with Crippen molar-refractivity contribution in [3.05, 3.63) is 29.8 Å². The predicted molar refractivity (Wildman–Crippen MR) is 92.1 cm³/mol. The molecule has 1 saturated carbocycles. The molecule has 0 radical (unpaired) electrons. The number of amides is 2. The van der Waals surface area contributed by atoms with Crippen LogP contribution in [-0.2, 0) is 4.79 Å². The van der Waals surface area contributed by atoms with Crippen LogP contribution in [0.5, 0.6) is 5.75 Å². The molecule has 0 spiro atoms. The lowest BCUT2D eigenvalue weighted by Crippen LogP contribution is -2.42. The molecule has 1 N–H and O–H groups in total. The summed E-state index contributed by atoms with van der Waals surface area (Å²) in [6.45, 7) is 3.30. The monoisotopic (exact) mass is 330 g/mol. The largest absolute Gasteiger partial charge is 0.490 e. The van der Waals surface area contributed by atoms with Crippen LogP contribution >= 0.6 is 0 Å². The minimum Gasteiger partial charge on any atom is -0.490 e. The van der Waals surface area contributed by atoms with E-state index in [0.29, 0.717) is 18.5 Å². The number of carbonyl (C=O) groups excluding carboxylic acids is 2. The smallest absolute Gasteiger partial charge is 0.251 e. The Labute approximate surface area is 143 Å². The number of carbonyl (C=O) groups is 2. The molecule has 1 unspecified atom stereocenters. The van der Waals surface area contributed by atoms with E-state index in [4.69, 9.17) is 4.74 Å². The molecule has 0 aromatic heterocycles. The van der Waals surface area contributed by atoms with Crippen molar-refractivity contribution >= 4 is 11.8 Å². The number of nitrogens with one attached hydrogen (secondary N) is 1. The summed E-state index contributed by atoms with van der Waals surface area (Å²) in [5, 5.41) is 2.98. The Bertz CT molecular complexity index is 596. The molecule has 1 aliphatic heterocycles. The number of benzene rings is 1. The van der Waals surface area contributed by atoms with Crippen molar-refractivity contribution in [1.29, 1.82) is 0 Å². The van der Waals surface area contributed by atoms with Gasteiger partial charge in [-0.3, -0.25) is 9.59 Å². The van der Waals surface area contributed by atoms with Gasteiger partial charge >= 0.3 is 0 Å². The number of nitrogens with zero attached hydrogens (tertiary/aromatic N) is 1. The molecule has 5 heteroatoms. The number of ether oxygens (including phenoxy) is 1. The van der Waals surface area contributed by atoms with E-state index < -0.39 is 0 Å². The summed E-state index contributed by atoms with van der Waals surface area (Å²) in [5.74, 6) is 0.825. The van der Waals surface area contributed by atoms with Gasteiger partial charge in [-0.1, -0.05) is 6.07 Å². The van der Waals surface area contributed by atoms with E-state index in [-0.39, 0.29) is 24.0 Å². The lowest BCUT2D eigenvalue weighted by Gasteiger charge is -2.22. The van der Waals surface area contributed by atoms with Crippen LogP contribution in [0.3, 0.4) is 0 Å². The molecule has 0 bridgehead atoms. The van der Waals surface area contributed by atoms with Gasteiger partial charge in [0.25, 0.3) is 5.91 Å². The normalized spacial score (nSPS) is 19.5. The number of hydrogen-bond donors (Lipinski definition) is 1. The van der Waals surface area contributed by atoms with Gasteiger partial charge in [-0.25, -0.2) is 0 Å². The quantitative estimate of drug-likeness (QED) is 0.872. The molecule has 130 valence electrons. The van der Waals surface area contributed by atoms with E-state index >= 15 is 0 Å². The maximum absolute atomic E-state index is 12.4. The molecule has 1 aliphatic carbocycles. The maximum atomic E-state index is 12.4. The molecule has 1 atom stereocenters. The van der Waals surface area contributed by atoms with E-state index in [0.717, 1.165) is 31.6 Å². The summed E-state index contributed by atoms with van der Waals surface area (Å²) < 4.78 is 5.96. The number of hydrogen-bond acceptors (Lipinski definition) is 3. The first-order valence-electron chi connectivity index (χ1n) is 8.97. The SMILES string of the molecule is CC(CN1CCCC1=O)NC(=O)c1cccc(OC2CCCC2)c1. The predicted octanol–water partition coefficient (Wildman–Crippen LogP) is 2.75. The van der Waals surface area contributed by atoms with E-state index in [1.165, 1.54) is 12.8 Å². The van der Waals surface area contributed by atoms with E-state index in [1.807, 2.05) is 24.0 Å². The summed E-state index contributed by atoms with van der Waals surface area (Å²) in [4.78, 5) is 25.9. The van der Waals surface area contributed by atoms with Crippen molar-refractivity contribution in [3.8, 4) is 5.75 Å². The fraction of sp³-hybridized carbons (Fsp3) is 0.579. The lowest BCUT2D eigenvalue weighted by atomic mass is 10.2. The third kappa shape index (κ3) is 4.28. The minimum absolute atomic E-state index is 0.0704. The first-order chi connectivity index (χ1) is 11.6. The average Bonchev–Trinajstić information content (AvgIpc) is 3.20. The molecule has 2 aliphatic rings. The topological polar surface area (TPSA) is 58.6 Å². The number of rotatable bonds is 6. The molecule has 1 heterocycles. The summed E-state index contributed by atoms with van der Waals surface area (Å²) in [6.07, 6.45) is 6.45. The molecule has 2 amide bonds. The highest BCUT2D eigenvalue weighted by molar-refractivity contribution is 5.94. The van der Waals surface area contributed by atoms with Crippen LogP contribution in [0.4, 0.5) is 0 Å². The second-order valence-corrected chi connectivity index (χ2v) is 6.87. The van der Waals surface area contributed by atoms with Crippen LogP contribution in [0.1, 0.15) is 55.8 Å². The fourth-order valence-electron chi connectivity index (χ4n) is 3.49. The van der Waals surface area contributed by atoms with Gasteiger partial charge in [0.1, 0.15) is 5.75 Å². The molecule has 3 rings (SSSR count). The Balaban J connectivity index is 1.54. The average molecular weight is 330 g/mol. The van der Waals surface area contributed by atoms with Crippen LogP contribution in [0.2, 0.25) is 0 Å². The lowest BCUT2D eigenvalue weighted by molar-refractivity contribution is -0.127. The van der Waals surface area contributed by atoms with Crippen molar-refractivity contribution in [3.63, 3.8) is 0 Å². The fourth-order valence-corrected chi connectivity index (χ4v) is 3.49. The van der Waals surface area contributed by atoms with Crippen LogP contribution in [0.25, 0.3) is 0 Å². The minimum atomic E-state index is -0.119. The van der Waals surface area contributed by atoms with Gasteiger partial charge in [-0.2, -0.15) is 0 Å². The van der Waals surface area contributed by atoms with Gasteiger partial charge in [0.15, 0.2) is 0 Å². The van der Waals surface area contributed by atoms with Crippen LogP contribution in [-0.4, -0.2) is 41.9 Å². The Morgan fingerprint density at radius 1 is 1.33 bits per heavy atom. The van der Waals surface area contributed by atoms with Crippen molar-refractivity contribution in [2.45, 2.75) is 57.6 Å². The summed E-state index contributed by atoms with van der Waals surface area (Å²) in [5.41, 5.74) is 0.602. The third-order valence-electron chi connectivity index (χ3n) is 4.74. The molecular formula is C19H26N2O3. The van der Waals surface area contributed by atoms with E-state index in [2.05, 4.69) is 5.32 Å². The standard InChI is InChI=1S/C19H26N2O3/c1-14(13-21-11-5-10-18(21)22)20-19(23)15-6-4-9-17(12-15)24-16-7-2-3-8-16/h4,6,9,12,14,16H,2-3,5,7-8,10-11,13H2,1H3,(H,20,23). The number of likely N-dealkylation sites (tertiary alicyclic amines) is 1. The first-order valence-corrected chi connectivity index (χ1v) is 8.97. The van der Waals surface area contributed by atoms with Gasteiger partial charge in [0.05, 0.1) is 6.10 Å². The zero-order valence-corrected chi connectivity index (χ0v) is 14.3. The Hall–Kier alpha value is -2.04. The Kier molecular flexibility index (Phi) is 5.38. The van der Waals surface area contributed by atoms with Crippen molar-refractivity contribution in [1.82, 2.24) is 10.2 Å². The van der Waals surface area contributed by atoms with E-state index in [9.17, 15) is 9.59 Å². The van der Waals surface area contributed by atoms with Gasteiger partial charge in [-0.15, -0.1) is 0 Å². The molecule has 1 aromatic rings. The molecule has 5 nitrogen and oxygen atoms in total. The van der Waals surface area contributed by atoms with Crippen LogP contribution < -0.4 is 10.1 Å². The molecule has 1 saturated heterocycles. The zero-order valence-electron chi connectivity index (χ0n) is 14.3. The highest BCUT2D eigenvalue weighted by atomic mass is 16.5. The first kappa shape index (κ1) is 16.8.